The highest BCUT2D eigenvalue weighted by molar-refractivity contribution is 8.72. The van der Waals surface area contributed by atoms with Crippen LogP contribution in [0.15, 0.2) is 0 Å². The molecule has 0 bridgehead atoms. The predicted octanol–water partition coefficient (Wildman–Crippen LogP) is 2.05. The summed E-state index contributed by atoms with van der Waals surface area (Å²) in [5, 5.41) is 0. The van der Waals surface area contributed by atoms with Crippen LogP contribution < -0.4 is 0 Å². The Kier molecular flexibility index (Phi) is 4.06. The maximum atomic E-state index is 4.00. The summed E-state index contributed by atoms with van der Waals surface area (Å²) in [6.07, 6.45) is 0. The van der Waals surface area contributed by atoms with Crippen LogP contribution in [0.3, 0.4) is 0 Å². The summed E-state index contributed by atoms with van der Waals surface area (Å²) in [4.78, 5) is 0. The summed E-state index contributed by atoms with van der Waals surface area (Å²) >= 11 is 8.00. The summed E-state index contributed by atoms with van der Waals surface area (Å²) in [7, 11) is 6.91. The third-order valence-corrected chi connectivity index (χ3v) is 4.74. The Morgan fingerprint density at radius 2 is 1.43 bits per heavy atom. The molecule has 0 fully saturated rings. The number of nitrogens with zero attached hydrogens (tertiary/aromatic N) is 1. The van der Waals surface area contributed by atoms with Crippen LogP contribution in [0.5, 0.6) is 0 Å². The van der Waals surface area contributed by atoms with Gasteiger partial charge in [-0.05, 0) is 23.3 Å². The van der Waals surface area contributed by atoms with E-state index in [0.29, 0.717) is 3.29 Å². The lowest BCUT2D eigenvalue weighted by Crippen LogP contribution is -2.17. The fraction of sp³-hybridized carbons (Fsp3) is 1.00. The first-order valence-corrected chi connectivity index (χ1v) is 5.28. The molecule has 1 nitrogen and oxygen atoms in total. The molecular weight excluding hydrogens is 166 g/mol. The van der Waals surface area contributed by atoms with Gasteiger partial charge in [0, 0.05) is 0 Å². The summed E-state index contributed by atoms with van der Waals surface area (Å²) in [6, 6.07) is 0. The van der Waals surface area contributed by atoms with E-state index in [0.717, 1.165) is 0 Å². The zero-order chi connectivity index (χ0) is 5.91. The molecule has 0 N–H and O–H groups in total. The van der Waals surface area contributed by atoms with Crippen LogP contribution in [0.2, 0.25) is 0 Å². The molecule has 44 valence electrons. The van der Waals surface area contributed by atoms with Crippen molar-refractivity contribution < 1.29 is 3.29 Å². The second-order valence-electron chi connectivity index (χ2n) is 1.42. The van der Waals surface area contributed by atoms with Crippen LogP contribution in [0.1, 0.15) is 0 Å². The smallest absolute Gasteiger partial charge is 0.156 e. The van der Waals surface area contributed by atoms with Gasteiger partial charge in [0.15, 0.2) is 22.0 Å². The number of quaternary nitrogens is 1. The molecule has 5 heteroatoms. The Bertz CT molecular complexity index is 47.7. The van der Waals surface area contributed by atoms with E-state index in [-0.39, 0.29) is 0 Å². The molecule has 0 heterocycles. The summed E-state index contributed by atoms with van der Waals surface area (Å²) in [5.74, 6) is 0. The van der Waals surface area contributed by atoms with Crippen LogP contribution in [-0.4, -0.2) is 17.4 Å². The minimum absolute atomic E-state index is 0.701. The van der Waals surface area contributed by atoms with Gasteiger partial charge >= 0.3 is 0 Å². The van der Waals surface area contributed by atoms with E-state index in [1.54, 1.807) is 0 Å². The lowest BCUT2D eigenvalue weighted by atomic mass is 11.3. The second-order valence-corrected chi connectivity index (χ2v) is 4.78. The van der Waals surface area contributed by atoms with Crippen molar-refractivity contribution in [2.45, 2.75) is 0 Å². The van der Waals surface area contributed by atoms with Gasteiger partial charge in [0.25, 0.3) is 0 Å². The largest absolute Gasteiger partial charge is 0.187 e. The number of hydrogen-bond acceptors (Lipinski definition) is 4. The number of thiol groups is 2. The molecule has 0 rings (SSSR count). The molecule has 0 aliphatic carbocycles. The van der Waals surface area contributed by atoms with Gasteiger partial charge in [-0.2, -0.15) is 3.29 Å². The number of hydrogen-bond donors (Lipinski definition) is 2. The van der Waals surface area contributed by atoms with Crippen molar-refractivity contribution in [2.75, 3.05) is 14.1 Å². The first kappa shape index (κ1) is 8.36. The van der Waals surface area contributed by atoms with Crippen molar-refractivity contribution in [3.63, 3.8) is 0 Å². The van der Waals surface area contributed by atoms with Gasteiger partial charge in [-0.3, -0.25) is 0 Å². The first-order valence-electron chi connectivity index (χ1n) is 1.62. The van der Waals surface area contributed by atoms with Gasteiger partial charge in [-0.15, -0.1) is 0 Å². The average Bonchev–Trinajstić information content (AvgIpc) is 1.68. The van der Waals surface area contributed by atoms with E-state index in [1.807, 2.05) is 14.1 Å². The van der Waals surface area contributed by atoms with E-state index >= 15 is 0 Å². The standard InChI is InChI=1S/C2H7NS4/c1-3(2,6-4)7-5/h1-2H3,(H-,4,5)/p+1. The zero-order valence-corrected chi connectivity index (χ0v) is 7.58. The fourth-order valence-corrected chi connectivity index (χ4v) is 1.21. The zero-order valence-electron chi connectivity index (χ0n) is 4.16. The lowest BCUT2D eigenvalue weighted by Gasteiger charge is -2.16. The maximum Gasteiger partial charge on any atom is 0.156 e. The van der Waals surface area contributed by atoms with E-state index in [1.165, 1.54) is 22.0 Å². The summed E-state index contributed by atoms with van der Waals surface area (Å²) in [5.41, 5.74) is 0. The molecule has 0 aromatic heterocycles. The lowest BCUT2D eigenvalue weighted by molar-refractivity contribution is -0.586. The highest BCUT2D eigenvalue weighted by atomic mass is 33.1. The minimum atomic E-state index is 0.701. The summed E-state index contributed by atoms with van der Waals surface area (Å²) in [6.45, 7) is 0. The monoisotopic (exact) mass is 174 g/mol. The normalized spacial score (nSPS) is 12.0. The minimum Gasteiger partial charge on any atom is -0.187 e. The van der Waals surface area contributed by atoms with Gasteiger partial charge < -0.3 is 0 Å². The topological polar surface area (TPSA) is 0 Å². The SMILES string of the molecule is C[N+](C)(SS)SS. The van der Waals surface area contributed by atoms with Crippen LogP contribution in [-0.2, 0) is 0 Å². The van der Waals surface area contributed by atoms with Gasteiger partial charge in [0.1, 0.15) is 0 Å². The van der Waals surface area contributed by atoms with Crippen molar-refractivity contribution in [3.8, 4) is 0 Å². The molecule has 0 unspecified atom stereocenters. The van der Waals surface area contributed by atoms with Gasteiger partial charge in [0.2, 0.25) is 0 Å². The van der Waals surface area contributed by atoms with E-state index < -0.39 is 0 Å². The molecule has 0 aliphatic heterocycles. The molecule has 0 atom stereocenters. The molecule has 0 spiro atoms. The van der Waals surface area contributed by atoms with Gasteiger partial charge in [0.05, 0.1) is 14.1 Å². The van der Waals surface area contributed by atoms with Crippen molar-refractivity contribution >= 4 is 45.3 Å². The van der Waals surface area contributed by atoms with Gasteiger partial charge in [-0.25, -0.2) is 0 Å². The molecule has 0 aliphatic rings. The Morgan fingerprint density at radius 3 is 1.43 bits per heavy atom. The Balaban J connectivity index is 3.36. The van der Waals surface area contributed by atoms with E-state index in [9.17, 15) is 0 Å². The highest BCUT2D eigenvalue weighted by Crippen LogP contribution is 2.32. The molecular formula is C2H8NS4+. The van der Waals surface area contributed by atoms with Crippen molar-refractivity contribution in [3.05, 3.63) is 0 Å². The molecule has 0 amide bonds. The third-order valence-electron chi connectivity index (χ3n) is 0.393. The van der Waals surface area contributed by atoms with Crippen molar-refractivity contribution in [2.24, 2.45) is 0 Å². The molecule has 0 radical (unpaired) electrons. The maximum absolute atomic E-state index is 4.00. The predicted molar refractivity (Wildman–Crippen MR) is 45.3 cm³/mol. The quantitative estimate of drug-likeness (QED) is 0.285. The average molecular weight is 174 g/mol. The summed E-state index contributed by atoms with van der Waals surface area (Å²) < 4.78 is 0.701. The second kappa shape index (κ2) is 3.40. The van der Waals surface area contributed by atoms with Crippen LogP contribution in [0.25, 0.3) is 0 Å². The highest BCUT2D eigenvalue weighted by Gasteiger charge is 2.13. The molecule has 0 saturated heterocycles. The Labute approximate surface area is 62.7 Å². The van der Waals surface area contributed by atoms with Crippen LogP contribution >= 0.6 is 45.3 Å². The fourth-order valence-electron chi connectivity index (χ4n) is 0.0149. The molecule has 0 aromatic rings. The molecule has 0 saturated carbocycles. The van der Waals surface area contributed by atoms with E-state index in [2.05, 4.69) is 23.3 Å². The Morgan fingerprint density at radius 1 is 1.14 bits per heavy atom. The van der Waals surface area contributed by atoms with Crippen LogP contribution in [0.4, 0.5) is 0 Å². The Hall–Kier alpha value is 1.36. The van der Waals surface area contributed by atoms with Gasteiger partial charge in [-0.1, -0.05) is 0 Å². The molecule has 0 aromatic carbocycles. The van der Waals surface area contributed by atoms with E-state index in [4.69, 9.17) is 0 Å². The third kappa shape index (κ3) is 3.90. The first-order chi connectivity index (χ1) is 3.12. The van der Waals surface area contributed by atoms with Crippen molar-refractivity contribution in [1.29, 1.82) is 0 Å². The van der Waals surface area contributed by atoms with Crippen LogP contribution in [0, 0.1) is 0 Å². The number of rotatable bonds is 2. The molecule has 7 heavy (non-hydrogen) atoms. The van der Waals surface area contributed by atoms with Crippen molar-refractivity contribution in [1.82, 2.24) is 0 Å².